The molecule has 30 heavy (non-hydrogen) atoms. The third-order valence-electron chi connectivity index (χ3n) is 5.73. The summed E-state index contributed by atoms with van der Waals surface area (Å²) in [5.74, 6) is -17.0. The van der Waals surface area contributed by atoms with E-state index in [-0.39, 0.29) is 12.0 Å². The SMILES string of the molecule is Oc1c([C@H]2C[C@H]3O[C@@H]2c2c(F)c(F)c(F)c(F)c23)ccc2c(F)c(F)c(F)c(F)c12. The molecule has 0 saturated carbocycles. The van der Waals surface area contributed by atoms with Crippen LogP contribution in [0.1, 0.15) is 41.2 Å². The Labute approximate surface area is 162 Å². The summed E-state index contributed by atoms with van der Waals surface area (Å²) in [5, 5.41) is 8.80. The number of ether oxygens (including phenoxy) is 1. The van der Waals surface area contributed by atoms with Crippen molar-refractivity contribution in [2.45, 2.75) is 24.5 Å². The fourth-order valence-electron chi connectivity index (χ4n) is 4.42. The fraction of sp³-hybridized carbons (Fsp3) is 0.200. The Hall–Kier alpha value is -2.88. The summed E-state index contributed by atoms with van der Waals surface area (Å²) in [6.07, 6.45) is -2.68. The minimum atomic E-state index is -2.13. The van der Waals surface area contributed by atoms with Crippen LogP contribution >= 0.6 is 0 Å². The minimum Gasteiger partial charge on any atom is -0.507 e. The molecule has 3 atom stereocenters. The molecule has 0 unspecified atom stereocenters. The molecule has 3 aromatic carbocycles. The van der Waals surface area contributed by atoms with Gasteiger partial charge in [0, 0.05) is 28.0 Å². The zero-order valence-corrected chi connectivity index (χ0v) is 14.5. The van der Waals surface area contributed by atoms with Gasteiger partial charge in [-0.3, -0.25) is 0 Å². The maximum Gasteiger partial charge on any atom is 0.198 e. The summed E-state index contributed by atoms with van der Waals surface area (Å²) in [5.41, 5.74) is -1.23. The molecule has 0 aliphatic carbocycles. The molecule has 156 valence electrons. The van der Waals surface area contributed by atoms with Crippen molar-refractivity contribution in [2.24, 2.45) is 0 Å². The summed E-state index contributed by atoms with van der Waals surface area (Å²) in [4.78, 5) is 0. The molecule has 10 heteroatoms. The monoisotopic (exact) mass is 432 g/mol. The Kier molecular flexibility index (Phi) is 3.86. The van der Waals surface area contributed by atoms with Gasteiger partial charge in [-0.15, -0.1) is 0 Å². The molecule has 1 N–H and O–H groups in total. The molecule has 3 aromatic rings. The van der Waals surface area contributed by atoms with Crippen molar-refractivity contribution >= 4 is 10.8 Å². The zero-order chi connectivity index (χ0) is 21.6. The first-order valence-electron chi connectivity index (χ1n) is 8.63. The maximum absolute atomic E-state index is 14.3. The van der Waals surface area contributed by atoms with Crippen LogP contribution in [0.4, 0.5) is 35.1 Å². The average Bonchev–Trinajstić information content (AvgIpc) is 3.31. The van der Waals surface area contributed by atoms with Gasteiger partial charge in [-0.05, 0) is 6.42 Å². The van der Waals surface area contributed by atoms with Gasteiger partial charge in [-0.2, -0.15) is 0 Å². The van der Waals surface area contributed by atoms with Gasteiger partial charge in [-0.25, -0.2) is 35.1 Å². The lowest BCUT2D eigenvalue weighted by atomic mass is 9.78. The molecule has 1 saturated heterocycles. The summed E-state index contributed by atoms with van der Waals surface area (Å²) < 4.78 is 116. The number of hydrogen-bond donors (Lipinski definition) is 1. The van der Waals surface area contributed by atoms with Crippen molar-refractivity contribution in [2.75, 3.05) is 0 Å². The fourth-order valence-corrected chi connectivity index (χ4v) is 4.42. The van der Waals surface area contributed by atoms with E-state index >= 15 is 0 Å². The molecule has 0 amide bonds. The van der Waals surface area contributed by atoms with Gasteiger partial charge in [0.25, 0.3) is 0 Å². The molecule has 0 spiro atoms. The lowest BCUT2D eigenvalue weighted by Crippen LogP contribution is -2.16. The van der Waals surface area contributed by atoms with Crippen LogP contribution in [-0.4, -0.2) is 5.11 Å². The Morgan fingerprint density at radius 3 is 1.93 bits per heavy atom. The summed E-state index contributed by atoms with van der Waals surface area (Å²) in [7, 11) is 0. The molecular formula is C20H8F8O2. The van der Waals surface area contributed by atoms with Crippen LogP contribution in [0.15, 0.2) is 12.1 Å². The first kappa shape index (κ1) is 19.1. The highest BCUT2D eigenvalue weighted by molar-refractivity contribution is 5.91. The van der Waals surface area contributed by atoms with Crippen molar-refractivity contribution in [3.63, 3.8) is 0 Å². The number of benzene rings is 3. The van der Waals surface area contributed by atoms with Crippen molar-refractivity contribution in [3.8, 4) is 5.75 Å². The topological polar surface area (TPSA) is 29.5 Å². The standard InChI is InChI=1S/C20H8F8O2/c21-11-5-2-1-4(19(29)8(5)12(22)16(26)15(11)25)6-3-7-9-10(20(6)30-7)14(24)18(28)17(27)13(9)23/h1-2,6-7,20,29H,3H2/t6-,7-,20+/m1/s1. The van der Waals surface area contributed by atoms with Crippen molar-refractivity contribution in [1.29, 1.82) is 0 Å². The van der Waals surface area contributed by atoms with Crippen molar-refractivity contribution < 1.29 is 45.0 Å². The average molecular weight is 432 g/mol. The quantitative estimate of drug-likeness (QED) is 0.292. The number of fused-ring (bicyclic) bond motifs is 6. The third kappa shape index (κ3) is 2.17. The molecule has 0 aromatic heterocycles. The first-order valence-corrected chi connectivity index (χ1v) is 8.63. The second-order valence-corrected chi connectivity index (χ2v) is 7.15. The van der Waals surface area contributed by atoms with E-state index in [1.807, 2.05) is 0 Å². The van der Waals surface area contributed by atoms with Crippen LogP contribution in [0.25, 0.3) is 10.8 Å². The van der Waals surface area contributed by atoms with Crippen LogP contribution in [-0.2, 0) is 4.74 Å². The highest BCUT2D eigenvalue weighted by Crippen LogP contribution is 2.60. The second-order valence-electron chi connectivity index (χ2n) is 7.15. The van der Waals surface area contributed by atoms with E-state index in [1.165, 1.54) is 0 Å². The van der Waals surface area contributed by atoms with E-state index < -0.39 is 92.3 Å². The number of hydrogen-bond acceptors (Lipinski definition) is 2. The third-order valence-corrected chi connectivity index (χ3v) is 5.73. The van der Waals surface area contributed by atoms with Gasteiger partial charge < -0.3 is 9.84 Å². The number of halogens is 8. The summed E-state index contributed by atoms with van der Waals surface area (Å²) >= 11 is 0. The molecule has 0 radical (unpaired) electrons. The summed E-state index contributed by atoms with van der Waals surface area (Å²) in [6, 6.07) is 1.96. The Balaban J connectivity index is 1.71. The Morgan fingerprint density at radius 1 is 0.700 bits per heavy atom. The molecular weight excluding hydrogens is 424 g/mol. The first-order chi connectivity index (χ1) is 14.1. The molecule has 2 bridgehead atoms. The second kappa shape index (κ2) is 6.07. The van der Waals surface area contributed by atoms with E-state index in [1.54, 1.807) is 0 Å². The van der Waals surface area contributed by atoms with Crippen molar-refractivity contribution in [1.82, 2.24) is 0 Å². The molecule has 5 rings (SSSR count). The molecule has 2 heterocycles. The number of aromatic hydroxyl groups is 1. The van der Waals surface area contributed by atoms with Crippen LogP contribution in [0.2, 0.25) is 0 Å². The van der Waals surface area contributed by atoms with Gasteiger partial charge >= 0.3 is 0 Å². The van der Waals surface area contributed by atoms with Crippen LogP contribution in [0.3, 0.4) is 0 Å². The van der Waals surface area contributed by atoms with Gasteiger partial charge in [-0.1, -0.05) is 12.1 Å². The number of phenolic OH excluding ortho intramolecular Hbond substituents is 1. The van der Waals surface area contributed by atoms with E-state index in [0.29, 0.717) is 0 Å². The van der Waals surface area contributed by atoms with E-state index in [4.69, 9.17) is 4.74 Å². The van der Waals surface area contributed by atoms with Gasteiger partial charge in [0.2, 0.25) is 0 Å². The molecule has 2 aliphatic rings. The van der Waals surface area contributed by atoms with Crippen LogP contribution in [0, 0.1) is 46.5 Å². The highest BCUT2D eigenvalue weighted by atomic mass is 19.2. The van der Waals surface area contributed by atoms with Crippen LogP contribution < -0.4 is 0 Å². The molecule has 2 aliphatic heterocycles. The Bertz CT molecular complexity index is 1270. The van der Waals surface area contributed by atoms with Gasteiger partial charge in [0.1, 0.15) is 5.75 Å². The van der Waals surface area contributed by atoms with E-state index in [0.717, 1.165) is 12.1 Å². The zero-order valence-electron chi connectivity index (χ0n) is 14.5. The lowest BCUT2D eigenvalue weighted by Gasteiger charge is -2.24. The summed E-state index contributed by atoms with van der Waals surface area (Å²) in [6.45, 7) is 0. The number of rotatable bonds is 1. The van der Waals surface area contributed by atoms with Crippen molar-refractivity contribution in [3.05, 3.63) is 75.4 Å². The normalized spacial score (nSPS) is 22.2. The molecule has 1 fully saturated rings. The Morgan fingerprint density at radius 2 is 1.27 bits per heavy atom. The largest absolute Gasteiger partial charge is 0.507 e. The lowest BCUT2D eigenvalue weighted by molar-refractivity contribution is 0.0649. The smallest absolute Gasteiger partial charge is 0.198 e. The minimum absolute atomic E-state index is 0.133. The molecule has 2 nitrogen and oxygen atoms in total. The van der Waals surface area contributed by atoms with Gasteiger partial charge in [0.05, 0.1) is 17.6 Å². The van der Waals surface area contributed by atoms with E-state index in [9.17, 15) is 40.2 Å². The van der Waals surface area contributed by atoms with Gasteiger partial charge in [0.15, 0.2) is 46.5 Å². The predicted molar refractivity (Wildman–Crippen MR) is 85.6 cm³/mol. The number of phenols is 1. The maximum atomic E-state index is 14.3. The highest BCUT2D eigenvalue weighted by Gasteiger charge is 2.51. The van der Waals surface area contributed by atoms with E-state index in [2.05, 4.69) is 0 Å². The predicted octanol–water partition coefficient (Wildman–Crippen LogP) is 5.96. The van der Waals surface area contributed by atoms with Crippen LogP contribution in [0.5, 0.6) is 5.75 Å².